The van der Waals surface area contributed by atoms with Crippen molar-refractivity contribution in [2.45, 2.75) is 17.0 Å². The second-order valence-electron chi connectivity index (χ2n) is 2.75. The Morgan fingerprint density at radius 3 is 2.91 bits per heavy atom. The third-order valence-electron chi connectivity index (χ3n) is 2.03. The molecule has 3 nitrogen and oxygen atoms in total. The fourth-order valence-electron chi connectivity index (χ4n) is 1.40. The summed E-state index contributed by atoms with van der Waals surface area (Å²) in [6.07, 6.45) is 2.26. The first-order chi connectivity index (χ1) is 5.20. The lowest BCUT2D eigenvalue weighted by molar-refractivity contribution is -0.145. The first-order valence-corrected chi connectivity index (χ1v) is 4.32. The van der Waals surface area contributed by atoms with Crippen LogP contribution in [0.5, 0.6) is 0 Å². The molecule has 1 aliphatic carbocycles. The van der Waals surface area contributed by atoms with Gasteiger partial charge in [-0.1, -0.05) is 28.1 Å². The van der Waals surface area contributed by atoms with Crippen molar-refractivity contribution in [2.75, 3.05) is 0 Å². The monoisotopic (exact) mass is 218 g/mol. The molecule has 4 atom stereocenters. The maximum atomic E-state index is 11.0. The summed E-state index contributed by atoms with van der Waals surface area (Å²) < 4.78 is 4.91. The number of ether oxygens (including phenoxy) is 1. The number of fused-ring (bicyclic) bond motifs is 2. The van der Waals surface area contributed by atoms with E-state index in [1.165, 1.54) is 0 Å². The molecule has 1 saturated heterocycles. The summed E-state index contributed by atoms with van der Waals surface area (Å²) in [7, 11) is 0. The van der Waals surface area contributed by atoms with Gasteiger partial charge in [0, 0.05) is 0 Å². The van der Waals surface area contributed by atoms with Crippen LogP contribution in [0.15, 0.2) is 12.2 Å². The molecule has 0 spiro atoms. The Kier molecular flexibility index (Phi) is 1.54. The Balaban J connectivity index is 2.34. The van der Waals surface area contributed by atoms with Crippen molar-refractivity contribution in [3.8, 4) is 0 Å². The minimum Gasteiger partial charge on any atom is -0.458 e. The maximum Gasteiger partial charge on any atom is 0.314 e. The Morgan fingerprint density at radius 2 is 2.27 bits per heavy atom. The van der Waals surface area contributed by atoms with Gasteiger partial charge in [-0.25, -0.2) is 0 Å². The number of aliphatic hydroxyl groups excluding tert-OH is 1. The second-order valence-corrected chi connectivity index (χ2v) is 3.80. The second kappa shape index (κ2) is 2.32. The highest BCUT2D eigenvalue weighted by atomic mass is 79.9. The van der Waals surface area contributed by atoms with Crippen LogP contribution in [0.1, 0.15) is 0 Å². The molecule has 0 radical (unpaired) electrons. The fourth-order valence-corrected chi connectivity index (χ4v) is 2.21. The van der Waals surface area contributed by atoms with Crippen LogP contribution < -0.4 is 0 Å². The zero-order valence-corrected chi connectivity index (χ0v) is 7.19. The molecule has 1 heterocycles. The fraction of sp³-hybridized carbons (Fsp3) is 0.571. The van der Waals surface area contributed by atoms with Crippen LogP contribution in [0.25, 0.3) is 0 Å². The van der Waals surface area contributed by atoms with Crippen molar-refractivity contribution in [2.24, 2.45) is 5.92 Å². The van der Waals surface area contributed by atoms with E-state index in [2.05, 4.69) is 15.9 Å². The van der Waals surface area contributed by atoms with Crippen molar-refractivity contribution in [1.29, 1.82) is 0 Å². The molecule has 2 bridgehead atoms. The molecule has 0 unspecified atom stereocenters. The molecule has 2 rings (SSSR count). The van der Waals surface area contributed by atoms with E-state index in [4.69, 9.17) is 4.74 Å². The number of aliphatic hydroxyl groups is 1. The molecule has 1 fully saturated rings. The highest BCUT2D eigenvalue weighted by Gasteiger charge is 2.47. The van der Waals surface area contributed by atoms with Gasteiger partial charge in [0.25, 0.3) is 0 Å². The zero-order chi connectivity index (χ0) is 8.01. The summed E-state index contributed by atoms with van der Waals surface area (Å²) in [6, 6.07) is 0. The lowest BCUT2D eigenvalue weighted by Crippen LogP contribution is -2.34. The Bertz CT molecular complexity index is 226. The van der Waals surface area contributed by atoms with E-state index in [1.807, 2.05) is 0 Å². The number of carbonyl (C=O) groups is 1. The molecule has 0 saturated carbocycles. The van der Waals surface area contributed by atoms with E-state index in [1.54, 1.807) is 12.2 Å². The third kappa shape index (κ3) is 0.929. The highest BCUT2D eigenvalue weighted by Crippen LogP contribution is 2.35. The van der Waals surface area contributed by atoms with E-state index in [-0.39, 0.29) is 16.7 Å². The van der Waals surface area contributed by atoms with Gasteiger partial charge in [0.2, 0.25) is 0 Å². The number of carbonyl (C=O) groups excluding carboxylic acids is 1. The molecule has 2 aliphatic rings. The van der Waals surface area contributed by atoms with Crippen LogP contribution in [0.4, 0.5) is 0 Å². The molecule has 60 valence electrons. The van der Waals surface area contributed by atoms with Crippen molar-refractivity contribution in [3.63, 3.8) is 0 Å². The van der Waals surface area contributed by atoms with Crippen molar-refractivity contribution >= 4 is 21.9 Å². The number of hydrogen-bond acceptors (Lipinski definition) is 3. The average molecular weight is 219 g/mol. The van der Waals surface area contributed by atoms with Crippen LogP contribution in [0, 0.1) is 5.92 Å². The maximum absolute atomic E-state index is 11.0. The van der Waals surface area contributed by atoms with Crippen LogP contribution >= 0.6 is 15.9 Å². The van der Waals surface area contributed by atoms with Gasteiger partial charge in [-0.15, -0.1) is 0 Å². The van der Waals surface area contributed by atoms with Gasteiger partial charge in [0.1, 0.15) is 12.2 Å². The Hall–Kier alpha value is -0.350. The summed E-state index contributed by atoms with van der Waals surface area (Å²) in [5.41, 5.74) is 0. The van der Waals surface area contributed by atoms with Crippen LogP contribution in [0.3, 0.4) is 0 Å². The number of esters is 1. The first-order valence-electron chi connectivity index (χ1n) is 3.41. The SMILES string of the molecule is O=C1O[C@H]2[C@H](Br)[C@@H]1C=C[C@H]2O. The van der Waals surface area contributed by atoms with Crippen LogP contribution in [-0.2, 0) is 9.53 Å². The Labute approximate surface area is 72.2 Å². The van der Waals surface area contributed by atoms with Crippen molar-refractivity contribution < 1.29 is 14.6 Å². The summed E-state index contributed by atoms with van der Waals surface area (Å²) >= 11 is 3.31. The van der Waals surface area contributed by atoms with Crippen molar-refractivity contribution in [3.05, 3.63) is 12.2 Å². The zero-order valence-electron chi connectivity index (χ0n) is 5.61. The lowest BCUT2D eigenvalue weighted by Gasteiger charge is -2.20. The standard InChI is InChI=1S/C7H7BrO3/c8-5-3-1-2-4(9)6(5)11-7(3)10/h1-6,9H/t3-,4+,5+,6+/m0/s1. The van der Waals surface area contributed by atoms with Gasteiger partial charge in [-0.05, 0) is 0 Å². The quantitative estimate of drug-likeness (QED) is 0.360. The molecule has 1 aliphatic heterocycles. The molecular formula is C7H7BrO3. The van der Waals surface area contributed by atoms with Gasteiger partial charge in [-0.2, -0.15) is 0 Å². The molecule has 1 N–H and O–H groups in total. The van der Waals surface area contributed by atoms with E-state index < -0.39 is 12.2 Å². The largest absolute Gasteiger partial charge is 0.458 e. The van der Waals surface area contributed by atoms with Gasteiger partial charge >= 0.3 is 5.97 Å². The molecule has 0 aromatic heterocycles. The minimum atomic E-state index is -0.651. The highest BCUT2D eigenvalue weighted by molar-refractivity contribution is 9.09. The molecular weight excluding hydrogens is 212 g/mol. The summed E-state index contributed by atoms with van der Waals surface area (Å²) in [5.74, 6) is -0.451. The van der Waals surface area contributed by atoms with E-state index in [9.17, 15) is 9.90 Å². The van der Waals surface area contributed by atoms with Gasteiger partial charge in [-0.3, -0.25) is 4.79 Å². The van der Waals surface area contributed by atoms with Gasteiger partial charge in [0.05, 0.1) is 10.7 Å². The number of hydrogen-bond donors (Lipinski definition) is 1. The topological polar surface area (TPSA) is 46.5 Å². The lowest BCUT2D eigenvalue weighted by atomic mass is 9.95. The molecule has 0 amide bonds. The summed E-state index contributed by atoms with van der Waals surface area (Å²) in [6.45, 7) is 0. The normalized spacial score (nSPS) is 47.6. The molecule has 0 aromatic carbocycles. The number of alkyl halides is 1. The number of halogens is 1. The smallest absolute Gasteiger partial charge is 0.314 e. The predicted molar refractivity (Wildman–Crippen MR) is 41.2 cm³/mol. The summed E-state index contributed by atoms with van der Waals surface area (Å²) in [4.78, 5) is 10.9. The van der Waals surface area contributed by atoms with Gasteiger partial charge in [0.15, 0.2) is 0 Å². The molecule has 0 aromatic rings. The predicted octanol–water partition coefficient (Wildman–Crippen LogP) is 0.222. The summed E-state index contributed by atoms with van der Waals surface area (Å²) in [5, 5.41) is 9.29. The minimum absolute atomic E-state index is 0.0602. The van der Waals surface area contributed by atoms with Crippen molar-refractivity contribution in [1.82, 2.24) is 0 Å². The molecule has 11 heavy (non-hydrogen) atoms. The number of rotatable bonds is 0. The Morgan fingerprint density at radius 1 is 1.55 bits per heavy atom. The third-order valence-corrected chi connectivity index (χ3v) is 3.12. The van der Waals surface area contributed by atoms with E-state index in [0.29, 0.717) is 0 Å². The van der Waals surface area contributed by atoms with E-state index >= 15 is 0 Å². The average Bonchev–Trinajstić information content (AvgIpc) is 2.12. The van der Waals surface area contributed by atoms with Gasteiger partial charge < -0.3 is 9.84 Å². The first kappa shape index (κ1) is 7.31. The van der Waals surface area contributed by atoms with Crippen LogP contribution in [-0.4, -0.2) is 28.1 Å². The van der Waals surface area contributed by atoms with Crippen LogP contribution in [0.2, 0.25) is 0 Å². The van der Waals surface area contributed by atoms with E-state index in [0.717, 1.165) is 0 Å². The molecule has 4 heteroatoms.